The lowest BCUT2D eigenvalue weighted by molar-refractivity contribution is 0.121. The van der Waals surface area contributed by atoms with E-state index in [0.717, 1.165) is 30.2 Å². The molecule has 0 bridgehead atoms. The van der Waals surface area contributed by atoms with E-state index in [1.807, 2.05) is 0 Å². The molecular weight excluding hydrogens is 208 g/mol. The fraction of sp³-hybridized carbons (Fsp3) is 0.727. The summed E-state index contributed by atoms with van der Waals surface area (Å²) in [4.78, 5) is 4.54. The van der Waals surface area contributed by atoms with E-state index in [9.17, 15) is 0 Å². The first-order valence-corrected chi connectivity index (χ1v) is 6.41. The van der Waals surface area contributed by atoms with Crippen molar-refractivity contribution >= 4 is 11.3 Å². The van der Waals surface area contributed by atoms with Gasteiger partial charge in [-0.2, -0.15) is 0 Å². The maximum atomic E-state index is 5.68. The summed E-state index contributed by atoms with van der Waals surface area (Å²) in [5, 5.41) is 3.16. The maximum Gasteiger partial charge on any atom is 0.119 e. The molecular formula is C11H20N2OS. The van der Waals surface area contributed by atoms with Crippen molar-refractivity contribution in [2.24, 2.45) is 5.73 Å². The van der Waals surface area contributed by atoms with Gasteiger partial charge in [-0.25, -0.2) is 4.98 Å². The summed E-state index contributed by atoms with van der Waals surface area (Å²) in [5.41, 5.74) is 6.80. The number of ether oxygens (including phenoxy) is 1. The highest BCUT2D eigenvalue weighted by Gasteiger charge is 2.11. The average Bonchev–Trinajstić information content (AvgIpc) is 2.69. The van der Waals surface area contributed by atoms with Crippen molar-refractivity contribution in [1.82, 2.24) is 4.98 Å². The summed E-state index contributed by atoms with van der Waals surface area (Å²) in [6.45, 7) is 6.37. The molecule has 3 nitrogen and oxygen atoms in total. The van der Waals surface area contributed by atoms with Gasteiger partial charge in [-0.05, 0) is 12.8 Å². The van der Waals surface area contributed by atoms with Crippen LogP contribution in [-0.2, 0) is 11.3 Å². The molecule has 1 aromatic rings. The van der Waals surface area contributed by atoms with Crippen LogP contribution in [0.1, 0.15) is 43.3 Å². The van der Waals surface area contributed by atoms with E-state index >= 15 is 0 Å². The van der Waals surface area contributed by atoms with Crippen molar-refractivity contribution in [3.05, 3.63) is 16.1 Å². The molecule has 86 valence electrons. The predicted molar refractivity (Wildman–Crippen MR) is 64.1 cm³/mol. The second-order valence-corrected chi connectivity index (χ2v) is 4.50. The second-order valence-electron chi connectivity index (χ2n) is 3.56. The molecule has 1 unspecified atom stereocenters. The van der Waals surface area contributed by atoms with Gasteiger partial charge in [0, 0.05) is 24.4 Å². The predicted octanol–water partition coefficient (Wildman–Crippen LogP) is 2.52. The van der Waals surface area contributed by atoms with Gasteiger partial charge in [0.15, 0.2) is 0 Å². The molecule has 0 saturated heterocycles. The average molecular weight is 228 g/mol. The number of hydrogen-bond donors (Lipinski definition) is 1. The van der Waals surface area contributed by atoms with Crippen LogP contribution in [0.3, 0.4) is 0 Å². The van der Waals surface area contributed by atoms with E-state index in [2.05, 4.69) is 24.2 Å². The highest BCUT2D eigenvalue weighted by Crippen LogP contribution is 2.21. The normalized spacial score (nSPS) is 13.0. The van der Waals surface area contributed by atoms with Crippen molar-refractivity contribution in [3.63, 3.8) is 0 Å². The van der Waals surface area contributed by atoms with Gasteiger partial charge in [-0.15, -0.1) is 11.3 Å². The first-order valence-electron chi connectivity index (χ1n) is 5.53. The van der Waals surface area contributed by atoms with Crippen LogP contribution in [-0.4, -0.2) is 18.1 Å². The first kappa shape index (κ1) is 12.6. The lowest BCUT2D eigenvalue weighted by atomic mass is 10.0. The van der Waals surface area contributed by atoms with Crippen molar-refractivity contribution in [2.75, 3.05) is 13.2 Å². The number of aromatic nitrogens is 1. The summed E-state index contributed by atoms with van der Waals surface area (Å²) in [6.07, 6.45) is 2.11. The molecule has 0 aliphatic heterocycles. The minimum atomic E-state index is 0.404. The SMILES string of the molecule is CCCOCc1nc(C(CC)CN)cs1. The Morgan fingerprint density at radius 2 is 2.33 bits per heavy atom. The fourth-order valence-corrected chi connectivity index (χ4v) is 2.19. The van der Waals surface area contributed by atoms with Crippen molar-refractivity contribution in [2.45, 2.75) is 39.2 Å². The topological polar surface area (TPSA) is 48.1 Å². The van der Waals surface area contributed by atoms with Gasteiger partial charge < -0.3 is 10.5 Å². The molecule has 2 N–H and O–H groups in total. The molecule has 0 spiro atoms. The van der Waals surface area contributed by atoms with E-state index in [1.165, 1.54) is 0 Å². The summed E-state index contributed by atoms with van der Waals surface area (Å²) in [6, 6.07) is 0. The minimum absolute atomic E-state index is 0.404. The maximum absolute atomic E-state index is 5.68. The Hall–Kier alpha value is -0.450. The largest absolute Gasteiger partial charge is 0.374 e. The quantitative estimate of drug-likeness (QED) is 0.729. The molecule has 0 amide bonds. The third-order valence-electron chi connectivity index (χ3n) is 2.34. The van der Waals surface area contributed by atoms with Crippen molar-refractivity contribution < 1.29 is 4.74 Å². The zero-order chi connectivity index (χ0) is 11.1. The minimum Gasteiger partial charge on any atom is -0.374 e. The Morgan fingerprint density at radius 3 is 2.93 bits per heavy atom. The highest BCUT2D eigenvalue weighted by atomic mass is 32.1. The Labute approximate surface area is 95.7 Å². The lowest BCUT2D eigenvalue weighted by Crippen LogP contribution is -2.11. The molecule has 0 aliphatic carbocycles. The van der Waals surface area contributed by atoms with Crippen molar-refractivity contribution in [1.29, 1.82) is 0 Å². The molecule has 1 heterocycles. The number of thiazole rings is 1. The van der Waals surface area contributed by atoms with Crippen LogP contribution in [0.4, 0.5) is 0 Å². The van der Waals surface area contributed by atoms with E-state index in [4.69, 9.17) is 10.5 Å². The molecule has 1 atom stereocenters. The number of nitrogens with zero attached hydrogens (tertiary/aromatic N) is 1. The number of nitrogens with two attached hydrogens (primary N) is 1. The zero-order valence-corrected chi connectivity index (χ0v) is 10.3. The van der Waals surface area contributed by atoms with Gasteiger partial charge in [-0.3, -0.25) is 0 Å². The highest BCUT2D eigenvalue weighted by molar-refractivity contribution is 7.09. The third-order valence-corrected chi connectivity index (χ3v) is 3.18. The summed E-state index contributed by atoms with van der Waals surface area (Å²) in [5.74, 6) is 0.404. The van der Waals surface area contributed by atoms with Crippen LogP contribution >= 0.6 is 11.3 Å². The molecule has 15 heavy (non-hydrogen) atoms. The van der Waals surface area contributed by atoms with Crippen LogP contribution in [0.2, 0.25) is 0 Å². The summed E-state index contributed by atoms with van der Waals surface area (Å²) < 4.78 is 5.45. The molecule has 0 saturated carbocycles. The molecule has 0 fully saturated rings. The monoisotopic (exact) mass is 228 g/mol. The second kappa shape index (κ2) is 6.93. The van der Waals surface area contributed by atoms with Gasteiger partial charge in [0.2, 0.25) is 0 Å². The van der Waals surface area contributed by atoms with Crippen LogP contribution in [0.15, 0.2) is 5.38 Å². The number of rotatable bonds is 7. The van der Waals surface area contributed by atoms with Gasteiger partial charge in [-0.1, -0.05) is 13.8 Å². The van der Waals surface area contributed by atoms with Crippen LogP contribution in [0, 0.1) is 0 Å². The Bertz CT molecular complexity index is 271. The summed E-state index contributed by atoms with van der Waals surface area (Å²) in [7, 11) is 0. The Balaban J connectivity index is 2.47. The van der Waals surface area contributed by atoms with Gasteiger partial charge in [0.1, 0.15) is 5.01 Å². The standard InChI is InChI=1S/C11H20N2OS/c1-3-5-14-7-11-13-10(8-15-11)9(4-2)6-12/h8-9H,3-7,12H2,1-2H3. The zero-order valence-electron chi connectivity index (χ0n) is 9.53. The molecule has 1 aromatic heterocycles. The van der Waals surface area contributed by atoms with E-state index in [-0.39, 0.29) is 0 Å². The lowest BCUT2D eigenvalue weighted by Gasteiger charge is -2.07. The van der Waals surface area contributed by atoms with E-state index in [1.54, 1.807) is 11.3 Å². The van der Waals surface area contributed by atoms with Crippen LogP contribution < -0.4 is 5.73 Å². The molecule has 0 aromatic carbocycles. The molecule has 0 aliphatic rings. The van der Waals surface area contributed by atoms with Crippen LogP contribution in [0.5, 0.6) is 0 Å². The smallest absolute Gasteiger partial charge is 0.119 e. The van der Waals surface area contributed by atoms with E-state index in [0.29, 0.717) is 19.1 Å². The fourth-order valence-electron chi connectivity index (χ4n) is 1.38. The van der Waals surface area contributed by atoms with E-state index < -0.39 is 0 Å². The Kier molecular flexibility index (Phi) is 5.83. The van der Waals surface area contributed by atoms with Crippen molar-refractivity contribution in [3.8, 4) is 0 Å². The molecule has 0 radical (unpaired) electrons. The first-order chi connectivity index (χ1) is 7.31. The van der Waals surface area contributed by atoms with Crippen LogP contribution in [0.25, 0.3) is 0 Å². The van der Waals surface area contributed by atoms with Gasteiger partial charge in [0.05, 0.1) is 12.3 Å². The third kappa shape index (κ3) is 3.89. The Morgan fingerprint density at radius 1 is 1.53 bits per heavy atom. The molecule has 4 heteroatoms. The number of hydrogen-bond acceptors (Lipinski definition) is 4. The van der Waals surface area contributed by atoms with Gasteiger partial charge >= 0.3 is 0 Å². The van der Waals surface area contributed by atoms with Gasteiger partial charge in [0.25, 0.3) is 0 Å². The summed E-state index contributed by atoms with van der Waals surface area (Å²) >= 11 is 1.67. The molecule has 1 rings (SSSR count).